The summed E-state index contributed by atoms with van der Waals surface area (Å²) in [5.41, 5.74) is 0. The first-order valence-corrected chi connectivity index (χ1v) is 7.85. The lowest BCUT2D eigenvalue weighted by molar-refractivity contribution is -0.330. The van der Waals surface area contributed by atoms with Gasteiger partial charge in [0, 0.05) is 14.2 Å². The van der Waals surface area contributed by atoms with Crippen LogP contribution in [0.25, 0.3) is 0 Å². The summed E-state index contributed by atoms with van der Waals surface area (Å²) in [4.78, 5) is 0. The van der Waals surface area contributed by atoms with Gasteiger partial charge in [-0.25, -0.2) is 0 Å². The Morgan fingerprint density at radius 3 is 1.88 bits per heavy atom. The molecule has 11 heteroatoms. The van der Waals surface area contributed by atoms with Crippen molar-refractivity contribution in [3.8, 4) is 0 Å². The summed E-state index contributed by atoms with van der Waals surface area (Å²) in [6.45, 7) is -0.912. The van der Waals surface area contributed by atoms with Crippen molar-refractivity contribution in [2.45, 2.75) is 61.4 Å². The van der Waals surface area contributed by atoms with E-state index in [-0.39, 0.29) is 6.61 Å². The van der Waals surface area contributed by atoms with Crippen molar-refractivity contribution in [3.05, 3.63) is 0 Å². The summed E-state index contributed by atoms with van der Waals surface area (Å²) in [5, 5.41) is 58.7. The molecule has 0 radical (unpaired) electrons. The van der Waals surface area contributed by atoms with Crippen LogP contribution in [0.15, 0.2) is 0 Å². The van der Waals surface area contributed by atoms with Gasteiger partial charge >= 0.3 is 0 Å². The maximum absolute atomic E-state index is 10.1. The molecule has 2 rings (SSSR count). The molecule has 0 aromatic carbocycles. The van der Waals surface area contributed by atoms with E-state index in [1.54, 1.807) is 0 Å². The van der Waals surface area contributed by atoms with Gasteiger partial charge in [-0.05, 0) is 0 Å². The van der Waals surface area contributed by atoms with Crippen LogP contribution in [-0.4, -0.2) is 119 Å². The molecule has 0 unspecified atom stereocenters. The van der Waals surface area contributed by atoms with Gasteiger partial charge in [0.15, 0.2) is 12.6 Å². The molecule has 2 aliphatic rings. The van der Waals surface area contributed by atoms with Crippen LogP contribution in [0.2, 0.25) is 0 Å². The monoisotopic (exact) mass is 370 g/mol. The van der Waals surface area contributed by atoms with Crippen LogP contribution in [0.4, 0.5) is 0 Å². The van der Waals surface area contributed by atoms with Gasteiger partial charge < -0.3 is 54.3 Å². The molecule has 0 spiro atoms. The van der Waals surface area contributed by atoms with E-state index in [0.29, 0.717) is 0 Å². The first-order chi connectivity index (χ1) is 11.8. The second-order valence-corrected chi connectivity index (χ2v) is 5.99. The summed E-state index contributed by atoms with van der Waals surface area (Å²) >= 11 is 0. The fraction of sp³-hybridized carbons (Fsp3) is 1.00. The van der Waals surface area contributed by atoms with Gasteiger partial charge in [0.05, 0.1) is 13.2 Å². The topological polar surface area (TPSA) is 168 Å². The zero-order chi connectivity index (χ0) is 18.7. The summed E-state index contributed by atoms with van der Waals surface area (Å²) in [6.07, 6.45) is -12.7. The van der Waals surface area contributed by atoms with Gasteiger partial charge in [-0.15, -0.1) is 0 Å². The fourth-order valence-electron chi connectivity index (χ4n) is 2.88. The molecule has 2 fully saturated rings. The average Bonchev–Trinajstić information content (AvgIpc) is 2.62. The highest BCUT2D eigenvalue weighted by atomic mass is 16.7. The molecule has 2 aliphatic heterocycles. The zero-order valence-electron chi connectivity index (χ0n) is 13.9. The molecule has 0 saturated carbocycles. The molecule has 0 aromatic rings. The minimum absolute atomic E-state index is 0.322. The summed E-state index contributed by atoms with van der Waals surface area (Å²) in [5.74, 6) is 0. The minimum atomic E-state index is -1.58. The van der Waals surface area contributed by atoms with E-state index in [2.05, 4.69) is 0 Å². The molecule has 148 valence electrons. The van der Waals surface area contributed by atoms with E-state index in [1.807, 2.05) is 0 Å². The van der Waals surface area contributed by atoms with E-state index < -0.39 is 68.0 Å². The third-order valence-electron chi connectivity index (χ3n) is 4.42. The number of aliphatic hydroxyl groups excluding tert-OH is 6. The van der Waals surface area contributed by atoms with Crippen LogP contribution in [0, 0.1) is 0 Å². The lowest BCUT2D eigenvalue weighted by atomic mass is 9.98. The average molecular weight is 370 g/mol. The number of hydrogen-bond donors (Lipinski definition) is 6. The van der Waals surface area contributed by atoms with Crippen molar-refractivity contribution in [2.24, 2.45) is 0 Å². The quantitative estimate of drug-likeness (QED) is 0.269. The van der Waals surface area contributed by atoms with Crippen molar-refractivity contribution >= 4 is 0 Å². The smallest absolute Gasteiger partial charge is 0.186 e. The SMILES string of the molecule is CO[C@H]1O[C@H](CO[C@H]2O[C@H](CO)[C@@H](O)[C@H](O)[C@H]2O)[C@@H](O)[C@H](O)[C@H]1OC. The van der Waals surface area contributed by atoms with Crippen LogP contribution in [-0.2, 0) is 23.7 Å². The number of hydrogen-bond acceptors (Lipinski definition) is 11. The highest BCUT2D eigenvalue weighted by molar-refractivity contribution is 4.92. The summed E-state index contributed by atoms with van der Waals surface area (Å²) in [6, 6.07) is 0. The van der Waals surface area contributed by atoms with E-state index in [0.717, 1.165) is 0 Å². The standard InChI is InChI=1S/C14H26O11/c1-21-12-10(19)8(17)6(25-14(12)22-2)4-23-13-11(20)9(18)7(16)5(3-15)24-13/h5-20H,3-4H2,1-2H3/t5-,6-,7-,8-,9+,10+,11-,12-,13+,14+/m1/s1. The number of aliphatic hydroxyl groups is 6. The molecule has 0 aliphatic carbocycles. The highest BCUT2D eigenvalue weighted by Crippen LogP contribution is 2.26. The Kier molecular flexibility index (Phi) is 7.49. The predicted molar refractivity (Wildman–Crippen MR) is 78.2 cm³/mol. The van der Waals surface area contributed by atoms with E-state index >= 15 is 0 Å². The van der Waals surface area contributed by atoms with Crippen molar-refractivity contribution < 1.29 is 54.3 Å². The van der Waals surface area contributed by atoms with Crippen LogP contribution >= 0.6 is 0 Å². The third kappa shape index (κ3) is 4.28. The molecular formula is C14H26O11. The summed E-state index contributed by atoms with van der Waals surface area (Å²) in [7, 11) is 2.68. The van der Waals surface area contributed by atoms with Gasteiger partial charge in [0.2, 0.25) is 0 Å². The Labute approximate surface area is 144 Å². The third-order valence-corrected chi connectivity index (χ3v) is 4.42. The minimum Gasteiger partial charge on any atom is -0.394 e. The normalized spacial score (nSPS) is 48.5. The van der Waals surface area contributed by atoms with E-state index in [4.69, 9.17) is 28.8 Å². The maximum atomic E-state index is 10.1. The fourth-order valence-corrected chi connectivity index (χ4v) is 2.88. The maximum Gasteiger partial charge on any atom is 0.186 e. The summed E-state index contributed by atoms with van der Waals surface area (Å²) < 4.78 is 26.1. The largest absolute Gasteiger partial charge is 0.394 e. The molecular weight excluding hydrogens is 344 g/mol. The van der Waals surface area contributed by atoms with E-state index in [1.165, 1.54) is 14.2 Å². The van der Waals surface area contributed by atoms with Crippen molar-refractivity contribution in [2.75, 3.05) is 27.4 Å². The molecule has 0 amide bonds. The Morgan fingerprint density at radius 1 is 0.720 bits per heavy atom. The van der Waals surface area contributed by atoms with Gasteiger partial charge in [0.25, 0.3) is 0 Å². The zero-order valence-corrected chi connectivity index (χ0v) is 13.9. The highest BCUT2D eigenvalue weighted by Gasteiger charge is 2.47. The van der Waals surface area contributed by atoms with Gasteiger partial charge in [0.1, 0.15) is 48.8 Å². The molecule has 6 N–H and O–H groups in total. The van der Waals surface area contributed by atoms with Crippen LogP contribution < -0.4 is 0 Å². The molecule has 25 heavy (non-hydrogen) atoms. The number of rotatable bonds is 6. The van der Waals surface area contributed by atoms with Crippen LogP contribution in [0.3, 0.4) is 0 Å². The lowest BCUT2D eigenvalue weighted by Gasteiger charge is -2.43. The molecule has 0 aromatic heterocycles. The number of ether oxygens (including phenoxy) is 5. The molecule has 10 atom stereocenters. The Hall–Kier alpha value is -0.440. The van der Waals surface area contributed by atoms with Gasteiger partial charge in [-0.3, -0.25) is 0 Å². The van der Waals surface area contributed by atoms with Crippen molar-refractivity contribution in [3.63, 3.8) is 0 Å². The van der Waals surface area contributed by atoms with Crippen LogP contribution in [0.1, 0.15) is 0 Å². The van der Waals surface area contributed by atoms with E-state index in [9.17, 15) is 25.5 Å². The van der Waals surface area contributed by atoms with Crippen molar-refractivity contribution in [1.82, 2.24) is 0 Å². The number of methoxy groups -OCH3 is 2. The first-order valence-electron chi connectivity index (χ1n) is 7.85. The first kappa shape index (κ1) is 20.9. The molecule has 2 heterocycles. The molecule has 11 nitrogen and oxygen atoms in total. The van der Waals surface area contributed by atoms with Crippen molar-refractivity contribution in [1.29, 1.82) is 0 Å². The Bertz CT molecular complexity index is 406. The van der Waals surface area contributed by atoms with Gasteiger partial charge in [-0.2, -0.15) is 0 Å². The molecule has 2 saturated heterocycles. The van der Waals surface area contributed by atoms with Gasteiger partial charge in [-0.1, -0.05) is 0 Å². The Balaban J connectivity index is 1.97. The second-order valence-electron chi connectivity index (χ2n) is 5.99. The lowest BCUT2D eigenvalue weighted by Crippen LogP contribution is -2.62. The van der Waals surface area contributed by atoms with Crippen LogP contribution in [0.5, 0.6) is 0 Å². The second kappa shape index (κ2) is 8.97. The predicted octanol–water partition coefficient (Wildman–Crippen LogP) is -4.09. The Morgan fingerprint density at radius 2 is 1.32 bits per heavy atom. The molecule has 0 bridgehead atoms.